The second-order valence-corrected chi connectivity index (χ2v) is 11.3. The van der Waals surface area contributed by atoms with Crippen LogP contribution in [0.25, 0.3) is 21.9 Å². The van der Waals surface area contributed by atoms with E-state index in [2.05, 4.69) is 10.3 Å². The molecular formula is C35H31N3O7. The first-order valence-electron chi connectivity index (χ1n) is 14.9. The Morgan fingerprint density at radius 1 is 0.956 bits per heavy atom. The van der Waals surface area contributed by atoms with E-state index in [1.165, 1.54) is 11.0 Å². The van der Waals surface area contributed by atoms with Crippen LogP contribution in [0, 0.1) is 0 Å². The predicted molar refractivity (Wildman–Crippen MR) is 167 cm³/mol. The van der Waals surface area contributed by atoms with Gasteiger partial charge in [0.15, 0.2) is 0 Å². The van der Waals surface area contributed by atoms with Crippen molar-refractivity contribution >= 4 is 33.7 Å². The summed E-state index contributed by atoms with van der Waals surface area (Å²) < 4.78 is 11.7. The Kier molecular flexibility index (Phi) is 7.44. The minimum atomic E-state index is -1.24. The van der Waals surface area contributed by atoms with Crippen molar-refractivity contribution in [1.29, 1.82) is 0 Å². The van der Waals surface area contributed by atoms with Gasteiger partial charge in [0, 0.05) is 47.2 Å². The molecular weight excluding hydrogens is 574 g/mol. The first-order chi connectivity index (χ1) is 21.9. The van der Waals surface area contributed by atoms with Gasteiger partial charge < -0.3 is 34.6 Å². The summed E-state index contributed by atoms with van der Waals surface area (Å²) in [5.41, 5.74) is 2.23. The lowest BCUT2D eigenvalue weighted by Gasteiger charge is -2.40. The van der Waals surface area contributed by atoms with E-state index >= 15 is 0 Å². The summed E-state index contributed by atoms with van der Waals surface area (Å²) in [7, 11) is 0. The van der Waals surface area contributed by atoms with Gasteiger partial charge in [-0.1, -0.05) is 54.6 Å². The van der Waals surface area contributed by atoms with Gasteiger partial charge in [-0.15, -0.1) is 0 Å². The molecule has 3 aromatic carbocycles. The first-order valence-corrected chi connectivity index (χ1v) is 14.9. The minimum absolute atomic E-state index is 0.0322. The quantitative estimate of drug-likeness (QED) is 0.199. The molecule has 228 valence electrons. The number of benzene rings is 3. The standard InChI is InChI=1S/C35H31N3O7/c39-16-14-36-33(41)24-19-27(31(40)32-30(24)23-9-3-6-12-29(23)44-32)38(15-13-22-17-20-7-1-4-10-26(20)37-22)34(42)25-18-21-8-2-5-11-28(21)45-35(25)43/h1-12,17-19,27,30-32,37,39-40H,13-16H2,(H,36,41). The summed E-state index contributed by atoms with van der Waals surface area (Å²) in [6.07, 6.45) is -0.146. The average molecular weight is 606 g/mol. The molecule has 10 nitrogen and oxygen atoms in total. The van der Waals surface area contributed by atoms with E-state index in [0.29, 0.717) is 28.7 Å². The van der Waals surface area contributed by atoms with Crippen LogP contribution in [0.3, 0.4) is 0 Å². The van der Waals surface area contributed by atoms with E-state index in [4.69, 9.17) is 9.15 Å². The number of rotatable bonds is 8. The maximum absolute atomic E-state index is 14.3. The van der Waals surface area contributed by atoms with Crippen molar-refractivity contribution in [3.8, 4) is 5.75 Å². The van der Waals surface area contributed by atoms with Crippen molar-refractivity contribution in [2.75, 3.05) is 19.7 Å². The lowest BCUT2D eigenvalue weighted by molar-refractivity contribution is -0.118. The van der Waals surface area contributed by atoms with E-state index in [0.717, 1.165) is 22.2 Å². The third kappa shape index (κ3) is 5.17. The average Bonchev–Trinajstić information content (AvgIpc) is 3.66. The Balaban J connectivity index is 1.31. The molecule has 0 radical (unpaired) electrons. The van der Waals surface area contributed by atoms with E-state index in [1.807, 2.05) is 48.5 Å². The van der Waals surface area contributed by atoms with Gasteiger partial charge in [0.1, 0.15) is 29.1 Å². The second-order valence-electron chi connectivity index (χ2n) is 11.3. The number of hydrogen-bond acceptors (Lipinski definition) is 7. The monoisotopic (exact) mass is 605 g/mol. The highest BCUT2D eigenvalue weighted by atomic mass is 16.5. The number of aromatic amines is 1. The van der Waals surface area contributed by atoms with E-state index < -0.39 is 41.6 Å². The Hall–Kier alpha value is -5.19. The highest BCUT2D eigenvalue weighted by Gasteiger charge is 2.50. The lowest BCUT2D eigenvalue weighted by atomic mass is 9.77. The molecule has 0 spiro atoms. The summed E-state index contributed by atoms with van der Waals surface area (Å²) in [6.45, 7) is -0.115. The molecule has 0 saturated carbocycles. The van der Waals surface area contributed by atoms with Crippen LogP contribution in [-0.4, -0.2) is 69.9 Å². The third-order valence-corrected chi connectivity index (χ3v) is 8.58. The van der Waals surface area contributed by atoms with Crippen LogP contribution in [0.15, 0.2) is 106 Å². The van der Waals surface area contributed by atoms with Crippen molar-refractivity contribution in [3.05, 3.63) is 124 Å². The highest BCUT2D eigenvalue weighted by molar-refractivity contribution is 5.98. The molecule has 0 bridgehead atoms. The molecule has 2 aromatic heterocycles. The largest absolute Gasteiger partial charge is 0.486 e. The van der Waals surface area contributed by atoms with Crippen molar-refractivity contribution < 1.29 is 29.0 Å². The summed E-state index contributed by atoms with van der Waals surface area (Å²) in [6, 6.07) is 24.5. The smallest absolute Gasteiger partial charge is 0.349 e. The number of nitrogens with zero attached hydrogens (tertiary/aromatic N) is 1. The molecule has 4 atom stereocenters. The SMILES string of the molecule is O=C(NCCO)C1=CC(N(CCc2cc3ccccc3[nH]2)C(=O)c2cc3ccccc3oc2=O)C(O)C2Oc3ccccc3C12. The van der Waals surface area contributed by atoms with E-state index in [9.17, 15) is 24.6 Å². The summed E-state index contributed by atoms with van der Waals surface area (Å²) in [4.78, 5) is 45.8. The Morgan fingerprint density at radius 2 is 1.71 bits per heavy atom. The number of carbonyl (C=O) groups is 2. The molecule has 45 heavy (non-hydrogen) atoms. The van der Waals surface area contributed by atoms with Gasteiger partial charge in [-0.3, -0.25) is 9.59 Å². The number of para-hydroxylation sites is 3. The minimum Gasteiger partial charge on any atom is -0.486 e. The topological polar surface area (TPSA) is 145 Å². The first kappa shape index (κ1) is 28.6. The molecule has 1 aliphatic heterocycles. The normalized spacial score (nSPS) is 20.3. The number of fused-ring (bicyclic) bond motifs is 5. The van der Waals surface area contributed by atoms with Crippen LogP contribution in [-0.2, 0) is 11.2 Å². The van der Waals surface area contributed by atoms with Crippen LogP contribution in [0.2, 0.25) is 0 Å². The van der Waals surface area contributed by atoms with E-state index in [-0.39, 0.29) is 25.3 Å². The van der Waals surface area contributed by atoms with E-state index in [1.54, 1.807) is 36.4 Å². The molecule has 4 unspecified atom stereocenters. The second kappa shape index (κ2) is 11.7. The van der Waals surface area contributed by atoms with Crippen molar-refractivity contribution in [2.24, 2.45) is 0 Å². The number of ether oxygens (including phenoxy) is 1. The zero-order chi connectivity index (χ0) is 31.1. The number of aliphatic hydroxyl groups is 2. The van der Waals surface area contributed by atoms with Crippen LogP contribution < -0.4 is 15.7 Å². The molecule has 0 saturated heterocycles. The molecule has 2 aliphatic rings. The maximum atomic E-state index is 14.3. The molecule has 1 aliphatic carbocycles. The molecule has 2 amide bonds. The number of H-pyrrole nitrogens is 1. The maximum Gasteiger partial charge on any atom is 0.349 e. The molecule has 10 heteroatoms. The molecule has 3 heterocycles. The van der Waals surface area contributed by atoms with Crippen molar-refractivity contribution in [3.63, 3.8) is 0 Å². The van der Waals surface area contributed by atoms with Crippen molar-refractivity contribution in [1.82, 2.24) is 15.2 Å². The van der Waals surface area contributed by atoms with Gasteiger partial charge in [0.25, 0.3) is 5.91 Å². The van der Waals surface area contributed by atoms with Gasteiger partial charge >= 0.3 is 5.63 Å². The number of carbonyl (C=O) groups excluding carboxylic acids is 2. The fourth-order valence-corrected chi connectivity index (χ4v) is 6.45. The number of aromatic nitrogens is 1. The van der Waals surface area contributed by atoms with Crippen molar-refractivity contribution in [2.45, 2.75) is 30.6 Å². The Bertz CT molecular complexity index is 1980. The van der Waals surface area contributed by atoms with Crippen LogP contribution in [0.4, 0.5) is 0 Å². The third-order valence-electron chi connectivity index (χ3n) is 8.58. The van der Waals surface area contributed by atoms with Gasteiger partial charge in [-0.2, -0.15) is 0 Å². The van der Waals surface area contributed by atoms with Gasteiger partial charge in [0.05, 0.1) is 18.6 Å². The fourth-order valence-electron chi connectivity index (χ4n) is 6.45. The zero-order valence-electron chi connectivity index (χ0n) is 24.2. The van der Waals surface area contributed by atoms with Gasteiger partial charge in [-0.05, 0) is 41.8 Å². The predicted octanol–water partition coefficient (Wildman–Crippen LogP) is 3.28. The number of nitrogens with one attached hydrogen (secondary N) is 2. The van der Waals surface area contributed by atoms with Gasteiger partial charge in [0.2, 0.25) is 5.91 Å². The Labute approximate surface area is 257 Å². The highest BCUT2D eigenvalue weighted by Crippen LogP contribution is 2.47. The van der Waals surface area contributed by atoms with Gasteiger partial charge in [-0.25, -0.2) is 4.79 Å². The summed E-state index contributed by atoms with van der Waals surface area (Å²) in [5, 5.41) is 25.5. The summed E-state index contributed by atoms with van der Waals surface area (Å²) in [5.74, 6) is -1.14. The lowest BCUT2D eigenvalue weighted by Crippen LogP contribution is -2.56. The molecule has 0 fully saturated rings. The van der Waals surface area contributed by atoms with Crippen LogP contribution in [0.5, 0.6) is 5.75 Å². The molecule has 4 N–H and O–H groups in total. The summed E-state index contributed by atoms with van der Waals surface area (Å²) >= 11 is 0. The number of aliphatic hydroxyl groups excluding tert-OH is 2. The van der Waals surface area contributed by atoms with Crippen LogP contribution in [0.1, 0.15) is 27.5 Å². The number of amides is 2. The molecule has 7 rings (SSSR count). The number of hydrogen-bond donors (Lipinski definition) is 4. The fraction of sp³-hybridized carbons (Fsp3) is 0.229. The Morgan fingerprint density at radius 3 is 2.53 bits per heavy atom. The van der Waals surface area contributed by atoms with Crippen LogP contribution >= 0.6 is 0 Å². The zero-order valence-corrected chi connectivity index (χ0v) is 24.2. The molecule has 5 aromatic rings.